The van der Waals surface area contributed by atoms with Gasteiger partial charge in [-0.05, 0) is 6.92 Å². The van der Waals surface area contributed by atoms with Crippen molar-refractivity contribution in [3.8, 4) is 0 Å². The summed E-state index contributed by atoms with van der Waals surface area (Å²) in [7, 11) is 4.71. The molecule has 1 atom stereocenters. The number of amides is 1. The Morgan fingerprint density at radius 3 is 2.38 bits per heavy atom. The summed E-state index contributed by atoms with van der Waals surface area (Å²) < 4.78 is 14.9. The highest BCUT2D eigenvalue weighted by atomic mass is 16.7. The Balaban J connectivity index is 3.65. The van der Waals surface area contributed by atoms with Crippen molar-refractivity contribution in [2.45, 2.75) is 19.3 Å². The van der Waals surface area contributed by atoms with Crippen LogP contribution in [0.2, 0.25) is 0 Å². The summed E-state index contributed by atoms with van der Waals surface area (Å²) in [4.78, 5) is 11.3. The first kappa shape index (κ1) is 15.3. The highest BCUT2D eigenvalue weighted by molar-refractivity contribution is 5.77. The molecule has 0 heterocycles. The highest BCUT2D eigenvalue weighted by Gasteiger charge is 2.15. The van der Waals surface area contributed by atoms with Crippen LogP contribution in [0.25, 0.3) is 0 Å². The van der Waals surface area contributed by atoms with Crippen molar-refractivity contribution in [3.05, 3.63) is 0 Å². The first-order chi connectivity index (χ1) is 7.65. The maximum Gasteiger partial charge on any atom is 0.234 e. The number of carbonyl (C=O) groups excluding carboxylic acids is 1. The Morgan fingerprint density at radius 1 is 1.25 bits per heavy atom. The van der Waals surface area contributed by atoms with Gasteiger partial charge in [-0.1, -0.05) is 0 Å². The van der Waals surface area contributed by atoms with E-state index < -0.39 is 0 Å². The molecule has 0 aromatic rings. The Hall–Kier alpha value is -0.690. The molecule has 2 N–H and O–H groups in total. The molecule has 0 aliphatic carbocycles. The minimum Gasteiger partial charge on any atom is -0.383 e. The van der Waals surface area contributed by atoms with Gasteiger partial charge in [0.15, 0.2) is 6.29 Å². The number of nitrogens with one attached hydrogen (secondary N) is 2. The van der Waals surface area contributed by atoms with E-state index in [4.69, 9.17) is 14.2 Å². The molecule has 0 saturated heterocycles. The van der Waals surface area contributed by atoms with Gasteiger partial charge in [-0.25, -0.2) is 0 Å². The van der Waals surface area contributed by atoms with Crippen molar-refractivity contribution >= 4 is 5.91 Å². The fourth-order valence-electron chi connectivity index (χ4n) is 1.21. The van der Waals surface area contributed by atoms with E-state index in [0.29, 0.717) is 13.2 Å². The van der Waals surface area contributed by atoms with Crippen LogP contribution in [0.5, 0.6) is 0 Å². The molecular formula is C10H22N2O4. The van der Waals surface area contributed by atoms with Gasteiger partial charge < -0.3 is 24.8 Å². The van der Waals surface area contributed by atoms with Crippen LogP contribution in [0, 0.1) is 0 Å². The third-order valence-corrected chi connectivity index (χ3v) is 2.09. The van der Waals surface area contributed by atoms with E-state index in [-0.39, 0.29) is 24.8 Å². The normalized spacial score (nSPS) is 12.8. The number of carbonyl (C=O) groups is 1. The molecule has 6 heteroatoms. The average Bonchev–Trinajstić information content (AvgIpc) is 2.28. The number of rotatable bonds is 9. The first-order valence-electron chi connectivity index (χ1n) is 5.20. The molecule has 1 unspecified atom stereocenters. The largest absolute Gasteiger partial charge is 0.383 e. The maximum atomic E-state index is 11.3. The van der Waals surface area contributed by atoms with Crippen molar-refractivity contribution in [3.63, 3.8) is 0 Å². The third kappa shape index (κ3) is 6.73. The number of ether oxygens (including phenoxy) is 3. The Labute approximate surface area is 96.6 Å². The Bertz CT molecular complexity index is 186. The third-order valence-electron chi connectivity index (χ3n) is 2.09. The lowest BCUT2D eigenvalue weighted by Crippen LogP contribution is -2.45. The quantitative estimate of drug-likeness (QED) is 0.410. The highest BCUT2D eigenvalue weighted by Crippen LogP contribution is 1.97. The molecule has 0 aromatic carbocycles. The maximum absolute atomic E-state index is 11.3. The monoisotopic (exact) mass is 234 g/mol. The lowest BCUT2D eigenvalue weighted by Gasteiger charge is -2.21. The Kier molecular flexibility index (Phi) is 9.12. The van der Waals surface area contributed by atoms with Crippen LogP contribution in [-0.4, -0.2) is 59.3 Å². The minimum absolute atomic E-state index is 0.0526. The standard InChI is InChI=1S/C10H22N2O4/c1-8(10(15-3)16-4)12-7-9(13)11-5-6-14-2/h8,10,12H,5-7H2,1-4H3,(H,11,13). The van der Waals surface area contributed by atoms with E-state index in [1.54, 1.807) is 21.3 Å². The van der Waals surface area contributed by atoms with Crippen molar-refractivity contribution < 1.29 is 19.0 Å². The van der Waals surface area contributed by atoms with Gasteiger partial charge in [0, 0.05) is 27.9 Å². The molecule has 16 heavy (non-hydrogen) atoms. The molecular weight excluding hydrogens is 212 g/mol. The zero-order valence-electron chi connectivity index (χ0n) is 10.4. The first-order valence-corrected chi connectivity index (χ1v) is 5.20. The number of hydrogen-bond donors (Lipinski definition) is 2. The summed E-state index contributed by atoms with van der Waals surface area (Å²) >= 11 is 0. The van der Waals surface area contributed by atoms with E-state index in [2.05, 4.69) is 10.6 Å². The van der Waals surface area contributed by atoms with Crippen LogP contribution in [0.3, 0.4) is 0 Å². The van der Waals surface area contributed by atoms with Gasteiger partial charge in [-0.3, -0.25) is 4.79 Å². The topological polar surface area (TPSA) is 68.8 Å². The lowest BCUT2D eigenvalue weighted by atomic mass is 10.3. The summed E-state index contributed by atoms with van der Waals surface area (Å²) in [5.41, 5.74) is 0. The summed E-state index contributed by atoms with van der Waals surface area (Å²) in [5.74, 6) is -0.0742. The molecule has 0 aromatic heterocycles. The molecule has 0 rings (SSSR count). The Morgan fingerprint density at radius 2 is 1.88 bits per heavy atom. The van der Waals surface area contributed by atoms with Gasteiger partial charge in [0.1, 0.15) is 0 Å². The van der Waals surface area contributed by atoms with E-state index in [1.807, 2.05) is 6.92 Å². The second-order valence-electron chi connectivity index (χ2n) is 3.35. The summed E-state index contributed by atoms with van der Waals surface area (Å²) in [5, 5.41) is 5.71. The molecule has 6 nitrogen and oxygen atoms in total. The van der Waals surface area contributed by atoms with Crippen LogP contribution in [-0.2, 0) is 19.0 Å². The van der Waals surface area contributed by atoms with Crippen molar-refractivity contribution in [2.75, 3.05) is 41.0 Å². The average molecular weight is 234 g/mol. The van der Waals surface area contributed by atoms with Crippen LogP contribution < -0.4 is 10.6 Å². The number of hydrogen-bond acceptors (Lipinski definition) is 5. The van der Waals surface area contributed by atoms with E-state index in [0.717, 1.165) is 0 Å². The van der Waals surface area contributed by atoms with Crippen LogP contribution in [0.1, 0.15) is 6.92 Å². The molecule has 0 radical (unpaired) electrons. The second-order valence-corrected chi connectivity index (χ2v) is 3.35. The lowest BCUT2D eigenvalue weighted by molar-refractivity contribution is -0.126. The summed E-state index contributed by atoms with van der Waals surface area (Å²) in [6.07, 6.45) is -0.355. The van der Waals surface area contributed by atoms with Crippen LogP contribution in [0.4, 0.5) is 0 Å². The van der Waals surface area contributed by atoms with Gasteiger partial charge in [0.2, 0.25) is 5.91 Å². The van der Waals surface area contributed by atoms with Crippen molar-refractivity contribution in [1.82, 2.24) is 10.6 Å². The smallest absolute Gasteiger partial charge is 0.234 e. The molecule has 96 valence electrons. The predicted octanol–water partition coefficient (Wildman–Crippen LogP) is -0.654. The van der Waals surface area contributed by atoms with Gasteiger partial charge in [0.25, 0.3) is 0 Å². The van der Waals surface area contributed by atoms with Crippen molar-refractivity contribution in [2.24, 2.45) is 0 Å². The van der Waals surface area contributed by atoms with Gasteiger partial charge in [0.05, 0.1) is 19.2 Å². The molecule has 0 aliphatic heterocycles. The summed E-state index contributed by atoms with van der Waals surface area (Å²) in [6, 6.07) is -0.0526. The molecule has 0 spiro atoms. The fourth-order valence-corrected chi connectivity index (χ4v) is 1.21. The zero-order valence-corrected chi connectivity index (χ0v) is 10.4. The van der Waals surface area contributed by atoms with Gasteiger partial charge in [-0.15, -0.1) is 0 Å². The molecule has 0 aliphatic rings. The molecule has 0 fully saturated rings. The predicted molar refractivity (Wildman–Crippen MR) is 60.2 cm³/mol. The van der Waals surface area contributed by atoms with Crippen LogP contribution in [0.15, 0.2) is 0 Å². The minimum atomic E-state index is -0.355. The molecule has 0 saturated carbocycles. The fraction of sp³-hybridized carbons (Fsp3) is 0.900. The van der Waals surface area contributed by atoms with Gasteiger partial charge >= 0.3 is 0 Å². The van der Waals surface area contributed by atoms with Gasteiger partial charge in [-0.2, -0.15) is 0 Å². The van der Waals surface area contributed by atoms with E-state index in [9.17, 15) is 4.79 Å². The SMILES string of the molecule is COCCNC(=O)CNC(C)C(OC)OC. The zero-order chi connectivity index (χ0) is 12.4. The van der Waals surface area contributed by atoms with Crippen molar-refractivity contribution in [1.29, 1.82) is 0 Å². The van der Waals surface area contributed by atoms with E-state index >= 15 is 0 Å². The molecule has 0 bridgehead atoms. The van der Waals surface area contributed by atoms with Crippen LogP contribution >= 0.6 is 0 Å². The molecule has 1 amide bonds. The van der Waals surface area contributed by atoms with E-state index in [1.165, 1.54) is 0 Å². The summed E-state index contributed by atoms with van der Waals surface area (Å²) in [6.45, 7) is 3.15. The number of methoxy groups -OCH3 is 3. The second kappa shape index (κ2) is 9.53.